The lowest BCUT2D eigenvalue weighted by molar-refractivity contribution is -0.134. The summed E-state index contributed by atoms with van der Waals surface area (Å²) < 4.78 is 12.6. The number of hydrogen-bond donors (Lipinski definition) is 1. The Morgan fingerprint density at radius 2 is 1.90 bits per heavy atom. The predicted octanol–water partition coefficient (Wildman–Crippen LogP) is 3.21. The third kappa shape index (κ3) is 4.70. The first-order valence-electron chi connectivity index (χ1n) is 10.0. The molecule has 1 fully saturated rings. The average Bonchev–Trinajstić information content (AvgIpc) is 3.33. The van der Waals surface area contributed by atoms with E-state index in [1.807, 2.05) is 34.7 Å². The summed E-state index contributed by atoms with van der Waals surface area (Å²) in [5, 5.41) is 2.80. The highest BCUT2D eigenvalue weighted by Gasteiger charge is 2.21. The van der Waals surface area contributed by atoms with Crippen molar-refractivity contribution in [2.24, 2.45) is 13.0 Å². The van der Waals surface area contributed by atoms with E-state index in [9.17, 15) is 9.59 Å². The van der Waals surface area contributed by atoms with Crippen molar-refractivity contribution in [1.29, 1.82) is 0 Å². The number of ether oxygens (including phenoxy) is 2. The SMILES string of the molecule is CC1CCN(C(=O)CCC(=O)Nc2ncc(-c3ccc4c(c3)OCO4)n2C)CC1.Cl. The maximum Gasteiger partial charge on any atom is 0.231 e. The van der Waals surface area contributed by atoms with Crippen LogP contribution in [0.3, 0.4) is 0 Å². The van der Waals surface area contributed by atoms with Crippen LogP contribution < -0.4 is 14.8 Å². The molecule has 30 heavy (non-hydrogen) atoms. The maximum absolute atomic E-state index is 12.3. The lowest BCUT2D eigenvalue weighted by Gasteiger charge is -2.30. The second-order valence-corrected chi connectivity index (χ2v) is 7.71. The topological polar surface area (TPSA) is 85.7 Å². The zero-order valence-corrected chi connectivity index (χ0v) is 18.0. The molecule has 1 aromatic heterocycles. The normalized spacial score (nSPS) is 15.6. The van der Waals surface area contributed by atoms with Crippen molar-refractivity contribution >= 4 is 30.2 Å². The number of amides is 2. The molecule has 0 atom stereocenters. The third-order valence-electron chi connectivity index (χ3n) is 5.61. The van der Waals surface area contributed by atoms with Gasteiger partial charge in [-0.05, 0) is 37.0 Å². The van der Waals surface area contributed by atoms with Gasteiger partial charge in [-0.1, -0.05) is 6.92 Å². The largest absolute Gasteiger partial charge is 0.454 e. The molecule has 0 unspecified atom stereocenters. The lowest BCUT2D eigenvalue weighted by atomic mass is 9.99. The van der Waals surface area contributed by atoms with Crippen molar-refractivity contribution in [2.75, 3.05) is 25.2 Å². The molecule has 1 saturated heterocycles. The monoisotopic (exact) mass is 434 g/mol. The zero-order chi connectivity index (χ0) is 20.4. The molecule has 4 rings (SSSR count). The van der Waals surface area contributed by atoms with Crippen LogP contribution in [-0.4, -0.2) is 46.1 Å². The summed E-state index contributed by atoms with van der Waals surface area (Å²) in [6.07, 6.45) is 4.14. The Kier molecular flexibility index (Phi) is 6.87. The Morgan fingerprint density at radius 3 is 2.67 bits per heavy atom. The quantitative estimate of drug-likeness (QED) is 0.780. The summed E-state index contributed by atoms with van der Waals surface area (Å²) in [6, 6.07) is 5.67. The van der Waals surface area contributed by atoms with E-state index < -0.39 is 0 Å². The van der Waals surface area contributed by atoms with Crippen LogP contribution in [0.2, 0.25) is 0 Å². The van der Waals surface area contributed by atoms with Gasteiger partial charge in [0.1, 0.15) is 0 Å². The van der Waals surface area contributed by atoms with Crippen LogP contribution in [-0.2, 0) is 16.6 Å². The number of carbonyl (C=O) groups excluding carboxylic acids is 2. The van der Waals surface area contributed by atoms with Crippen LogP contribution in [0.15, 0.2) is 24.4 Å². The predicted molar refractivity (Wildman–Crippen MR) is 115 cm³/mol. The molecular weight excluding hydrogens is 408 g/mol. The molecule has 8 nitrogen and oxygen atoms in total. The number of carbonyl (C=O) groups is 2. The highest BCUT2D eigenvalue weighted by molar-refractivity contribution is 5.92. The smallest absolute Gasteiger partial charge is 0.231 e. The Balaban J connectivity index is 0.00000256. The van der Waals surface area contributed by atoms with Gasteiger partial charge >= 0.3 is 0 Å². The van der Waals surface area contributed by atoms with E-state index in [0.717, 1.165) is 42.9 Å². The number of rotatable bonds is 5. The number of piperidine rings is 1. The Labute approximate surface area is 182 Å². The van der Waals surface area contributed by atoms with Gasteiger partial charge in [-0.25, -0.2) is 4.98 Å². The van der Waals surface area contributed by atoms with Crippen LogP contribution in [0.1, 0.15) is 32.6 Å². The fourth-order valence-corrected chi connectivity index (χ4v) is 3.67. The van der Waals surface area contributed by atoms with Crippen LogP contribution in [0.25, 0.3) is 11.3 Å². The van der Waals surface area contributed by atoms with Gasteiger partial charge in [0.2, 0.25) is 24.6 Å². The summed E-state index contributed by atoms with van der Waals surface area (Å²) >= 11 is 0. The minimum absolute atomic E-state index is 0. The van der Waals surface area contributed by atoms with E-state index in [0.29, 0.717) is 17.6 Å². The van der Waals surface area contributed by atoms with Gasteiger partial charge in [0.05, 0.1) is 11.9 Å². The number of benzene rings is 1. The summed E-state index contributed by atoms with van der Waals surface area (Å²) in [6.45, 7) is 4.01. The molecule has 3 heterocycles. The number of hydrogen-bond acceptors (Lipinski definition) is 5. The minimum atomic E-state index is -0.213. The molecule has 0 radical (unpaired) electrons. The van der Waals surface area contributed by atoms with Gasteiger partial charge in [0, 0.05) is 38.5 Å². The second kappa shape index (κ2) is 9.38. The van der Waals surface area contributed by atoms with Gasteiger partial charge < -0.3 is 18.9 Å². The second-order valence-electron chi connectivity index (χ2n) is 7.71. The molecule has 0 aliphatic carbocycles. The molecule has 0 bridgehead atoms. The van der Waals surface area contributed by atoms with Crippen molar-refractivity contribution in [3.63, 3.8) is 0 Å². The highest BCUT2D eigenvalue weighted by atomic mass is 35.5. The standard InChI is InChI=1S/C21H26N4O4.ClH/c1-14-7-9-25(10-8-14)20(27)6-5-19(26)23-21-22-12-16(24(21)2)15-3-4-17-18(11-15)29-13-28-17;/h3-4,11-12,14H,5-10,13H2,1-2H3,(H,22,23,26);1H. The summed E-state index contributed by atoms with van der Waals surface area (Å²) in [5.41, 5.74) is 1.76. The van der Waals surface area contributed by atoms with Crippen molar-refractivity contribution in [3.05, 3.63) is 24.4 Å². The molecule has 1 N–H and O–H groups in total. The van der Waals surface area contributed by atoms with Gasteiger partial charge in [-0.15, -0.1) is 12.4 Å². The molecule has 2 aromatic rings. The Hall–Kier alpha value is -2.74. The van der Waals surface area contributed by atoms with E-state index in [2.05, 4.69) is 17.2 Å². The molecule has 0 saturated carbocycles. The first-order valence-corrected chi connectivity index (χ1v) is 10.0. The Bertz CT molecular complexity index is 922. The van der Waals surface area contributed by atoms with Crippen molar-refractivity contribution < 1.29 is 19.1 Å². The van der Waals surface area contributed by atoms with E-state index >= 15 is 0 Å². The fourth-order valence-electron chi connectivity index (χ4n) is 3.67. The number of anilines is 1. The number of imidazole rings is 1. The van der Waals surface area contributed by atoms with E-state index in [4.69, 9.17) is 9.47 Å². The number of aromatic nitrogens is 2. The average molecular weight is 435 g/mol. The van der Waals surface area contributed by atoms with Gasteiger partial charge in [0.15, 0.2) is 11.5 Å². The van der Waals surface area contributed by atoms with Crippen molar-refractivity contribution in [1.82, 2.24) is 14.5 Å². The van der Waals surface area contributed by atoms with Crippen LogP contribution >= 0.6 is 12.4 Å². The molecule has 9 heteroatoms. The molecule has 162 valence electrons. The van der Waals surface area contributed by atoms with Crippen molar-refractivity contribution in [3.8, 4) is 22.8 Å². The minimum Gasteiger partial charge on any atom is -0.454 e. The molecule has 1 aromatic carbocycles. The van der Waals surface area contributed by atoms with Crippen LogP contribution in [0.5, 0.6) is 11.5 Å². The number of likely N-dealkylation sites (tertiary alicyclic amines) is 1. The molecule has 2 aliphatic heterocycles. The number of halogens is 1. The van der Waals surface area contributed by atoms with Gasteiger partial charge in [0.25, 0.3) is 0 Å². The number of fused-ring (bicyclic) bond motifs is 1. The number of nitrogens with zero attached hydrogens (tertiary/aromatic N) is 3. The van der Waals surface area contributed by atoms with Crippen LogP contribution in [0.4, 0.5) is 5.95 Å². The van der Waals surface area contributed by atoms with E-state index in [1.54, 1.807) is 6.20 Å². The van der Waals surface area contributed by atoms with Gasteiger partial charge in [-0.3, -0.25) is 14.9 Å². The molecule has 2 aliphatic rings. The lowest BCUT2D eigenvalue weighted by Crippen LogP contribution is -2.38. The third-order valence-corrected chi connectivity index (χ3v) is 5.61. The molecule has 0 spiro atoms. The maximum atomic E-state index is 12.3. The van der Waals surface area contributed by atoms with E-state index in [-0.39, 0.29) is 43.9 Å². The highest BCUT2D eigenvalue weighted by Crippen LogP contribution is 2.36. The summed E-state index contributed by atoms with van der Waals surface area (Å²) in [5.74, 6) is 2.37. The number of nitrogens with one attached hydrogen (secondary N) is 1. The van der Waals surface area contributed by atoms with Gasteiger partial charge in [-0.2, -0.15) is 0 Å². The summed E-state index contributed by atoms with van der Waals surface area (Å²) in [4.78, 5) is 30.8. The van der Waals surface area contributed by atoms with E-state index in [1.165, 1.54) is 0 Å². The zero-order valence-electron chi connectivity index (χ0n) is 17.2. The first kappa shape index (κ1) is 22.0. The Morgan fingerprint density at radius 1 is 1.17 bits per heavy atom. The van der Waals surface area contributed by atoms with Crippen LogP contribution in [0, 0.1) is 5.92 Å². The first-order chi connectivity index (χ1) is 14.0. The molecular formula is C21H27ClN4O4. The fraction of sp³-hybridized carbons (Fsp3) is 0.476. The molecule has 2 amide bonds. The van der Waals surface area contributed by atoms with Crippen molar-refractivity contribution in [2.45, 2.75) is 32.6 Å². The summed E-state index contributed by atoms with van der Waals surface area (Å²) in [7, 11) is 1.84.